The van der Waals surface area contributed by atoms with Gasteiger partial charge in [-0.3, -0.25) is 4.98 Å². The maximum atomic E-state index is 12.2. The molecule has 18 heavy (non-hydrogen) atoms. The molecule has 0 radical (unpaired) electrons. The predicted octanol–water partition coefficient (Wildman–Crippen LogP) is 3.73. The zero-order chi connectivity index (χ0) is 13.0. The molecule has 0 unspecified atom stereocenters. The molecule has 0 amide bonds. The van der Waals surface area contributed by atoms with Crippen LogP contribution in [-0.2, 0) is 6.42 Å². The second-order valence-corrected chi connectivity index (χ2v) is 3.93. The van der Waals surface area contributed by atoms with Gasteiger partial charge in [-0.05, 0) is 17.7 Å². The van der Waals surface area contributed by atoms with Gasteiger partial charge in [0.05, 0.1) is 6.20 Å². The molecule has 3 nitrogen and oxygen atoms in total. The van der Waals surface area contributed by atoms with E-state index in [9.17, 15) is 8.78 Å². The molecule has 0 aromatic carbocycles. The summed E-state index contributed by atoms with van der Waals surface area (Å²) in [5.74, 6) is 0.862. The van der Waals surface area contributed by atoms with Crippen LogP contribution in [0.25, 0.3) is 0 Å². The average molecular weight is 271 g/mol. The van der Waals surface area contributed by atoms with Crippen LogP contribution < -0.4 is 4.74 Å². The number of pyridine rings is 2. The first kappa shape index (κ1) is 12.7. The fourth-order valence-electron chi connectivity index (χ4n) is 1.39. The summed E-state index contributed by atoms with van der Waals surface area (Å²) in [5.41, 5.74) is 0.419. The van der Waals surface area contributed by atoms with E-state index in [-0.39, 0.29) is 6.42 Å². The van der Waals surface area contributed by atoms with Crippen molar-refractivity contribution >= 4 is 11.6 Å². The molecule has 0 saturated heterocycles. The van der Waals surface area contributed by atoms with Crippen molar-refractivity contribution in [1.29, 1.82) is 0 Å². The highest BCUT2D eigenvalue weighted by Gasteiger charge is 2.06. The normalized spacial score (nSPS) is 10.7. The Bertz CT molecular complexity index is 537. The number of halogens is 3. The molecule has 0 spiro atoms. The zero-order valence-corrected chi connectivity index (χ0v) is 9.94. The molecule has 0 atom stereocenters. The molecule has 2 aromatic heterocycles. The van der Waals surface area contributed by atoms with Crippen molar-refractivity contribution in [3.63, 3.8) is 0 Å². The number of hydrogen-bond donors (Lipinski definition) is 0. The molecule has 2 aromatic rings. The van der Waals surface area contributed by atoms with Crippen molar-refractivity contribution in [3.8, 4) is 11.5 Å². The number of ether oxygens (including phenoxy) is 1. The minimum Gasteiger partial charge on any atom is -0.456 e. The van der Waals surface area contributed by atoms with E-state index in [4.69, 9.17) is 16.3 Å². The zero-order valence-electron chi connectivity index (χ0n) is 9.19. The van der Waals surface area contributed by atoms with Crippen molar-refractivity contribution in [1.82, 2.24) is 9.97 Å². The first-order chi connectivity index (χ1) is 8.63. The highest BCUT2D eigenvalue weighted by Crippen LogP contribution is 2.23. The lowest BCUT2D eigenvalue weighted by atomic mass is 10.2. The van der Waals surface area contributed by atoms with Gasteiger partial charge in [0.2, 0.25) is 6.43 Å². The monoisotopic (exact) mass is 270 g/mol. The number of rotatable bonds is 4. The van der Waals surface area contributed by atoms with Gasteiger partial charge in [0.15, 0.2) is 0 Å². The summed E-state index contributed by atoms with van der Waals surface area (Å²) in [6.45, 7) is 0. The molecule has 0 aliphatic heterocycles. The average Bonchev–Trinajstić information content (AvgIpc) is 2.28. The number of hydrogen-bond acceptors (Lipinski definition) is 3. The first-order valence-corrected chi connectivity index (χ1v) is 5.53. The molecular formula is C12H9ClF2N2O. The molecule has 2 rings (SSSR count). The molecule has 0 saturated carbocycles. The summed E-state index contributed by atoms with van der Waals surface area (Å²) in [7, 11) is 0. The quantitative estimate of drug-likeness (QED) is 0.794. The summed E-state index contributed by atoms with van der Waals surface area (Å²) in [5, 5.41) is 0.296. The lowest BCUT2D eigenvalue weighted by Crippen LogP contribution is -1.97. The molecule has 0 aliphatic carbocycles. The van der Waals surface area contributed by atoms with Crippen LogP contribution >= 0.6 is 11.6 Å². The van der Waals surface area contributed by atoms with E-state index >= 15 is 0 Å². The van der Waals surface area contributed by atoms with Crippen LogP contribution in [0.4, 0.5) is 8.78 Å². The Morgan fingerprint density at radius 1 is 1.22 bits per heavy atom. The van der Waals surface area contributed by atoms with Gasteiger partial charge in [-0.2, -0.15) is 0 Å². The van der Waals surface area contributed by atoms with Crippen LogP contribution in [-0.4, -0.2) is 16.4 Å². The highest BCUT2D eigenvalue weighted by molar-refractivity contribution is 6.29. The van der Waals surface area contributed by atoms with Crippen molar-refractivity contribution in [2.24, 2.45) is 0 Å². The number of nitrogens with zero attached hydrogens (tertiary/aromatic N) is 2. The topological polar surface area (TPSA) is 35.0 Å². The van der Waals surface area contributed by atoms with Gasteiger partial charge in [0.1, 0.15) is 16.7 Å². The van der Waals surface area contributed by atoms with Crippen LogP contribution in [0.3, 0.4) is 0 Å². The van der Waals surface area contributed by atoms with Crippen LogP contribution in [0.15, 0.2) is 36.8 Å². The van der Waals surface area contributed by atoms with E-state index in [1.54, 1.807) is 6.07 Å². The Kier molecular flexibility index (Phi) is 4.04. The third-order valence-corrected chi connectivity index (χ3v) is 2.30. The van der Waals surface area contributed by atoms with E-state index in [0.29, 0.717) is 22.2 Å². The predicted molar refractivity (Wildman–Crippen MR) is 63.3 cm³/mol. The second-order valence-electron chi connectivity index (χ2n) is 3.54. The minimum atomic E-state index is -2.41. The number of alkyl halides is 2. The second kappa shape index (κ2) is 5.73. The van der Waals surface area contributed by atoms with Gasteiger partial charge in [0, 0.05) is 24.9 Å². The number of aromatic nitrogens is 2. The molecule has 0 fully saturated rings. The fraction of sp³-hybridized carbons (Fsp3) is 0.167. The van der Waals surface area contributed by atoms with Gasteiger partial charge in [-0.25, -0.2) is 13.8 Å². The van der Waals surface area contributed by atoms with E-state index < -0.39 is 6.43 Å². The Balaban J connectivity index is 2.14. The summed E-state index contributed by atoms with van der Waals surface area (Å²) in [6.07, 6.45) is 1.58. The molecule has 2 heterocycles. The summed E-state index contributed by atoms with van der Waals surface area (Å²) in [6, 6.07) is 4.67. The van der Waals surface area contributed by atoms with Crippen LogP contribution in [0.1, 0.15) is 5.56 Å². The van der Waals surface area contributed by atoms with E-state index in [1.165, 1.54) is 30.7 Å². The maximum absolute atomic E-state index is 12.2. The van der Waals surface area contributed by atoms with Crippen LogP contribution in [0, 0.1) is 0 Å². The lowest BCUT2D eigenvalue weighted by Gasteiger charge is -2.07. The molecule has 94 valence electrons. The van der Waals surface area contributed by atoms with Crippen molar-refractivity contribution in [3.05, 3.63) is 47.5 Å². The Labute approximate surface area is 107 Å². The minimum absolute atomic E-state index is 0.296. The van der Waals surface area contributed by atoms with Crippen molar-refractivity contribution in [2.45, 2.75) is 12.8 Å². The maximum Gasteiger partial charge on any atom is 0.242 e. The molecular weight excluding hydrogens is 262 g/mol. The third-order valence-electron chi connectivity index (χ3n) is 2.09. The van der Waals surface area contributed by atoms with Crippen molar-refractivity contribution in [2.75, 3.05) is 0 Å². The first-order valence-electron chi connectivity index (χ1n) is 5.15. The highest BCUT2D eigenvalue weighted by atomic mass is 35.5. The largest absolute Gasteiger partial charge is 0.456 e. The summed E-state index contributed by atoms with van der Waals surface area (Å²) >= 11 is 5.71. The van der Waals surface area contributed by atoms with Crippen LogP contribution in [0.5, 0.6) is 11.5 Å². The van der Waals surface area contributed by atoms with Crippen molar-refractivity contribution < 1.29 is 13.5 Å². The molecule has 0 N–H and O–H groups in total. The summed E-state index contributed by atoms with van der Waals surface area (Å²) < 4.78 is 29.9. The van der Waals surface area contributed by atoms with Gasteiger partial charge in [0.25, 0.3) is 0 Å². The van der Waals surface area contributed by atoms with Gasteiger partial charge in [-0.1, -0.05) is 11.6 Å². The third kappa shape index (κ3) is 3.63. The fourth-order valence-corrected chi connectivity index (χ4v) is 1.56. The van der Waals surface area contributed by atoms with E-state index in [2.05, 4.69) is 9.97 Å². The van der Waals surface area contributed by atoms with Gasteiger partial charge in [-0.15, -0.1) is 0 Å². The van der Waals surface area contributed by atoms with Gasteiger partial charge >= 0.3 is 0 Å². The Morgan fingerprint density at radius 3 is 2.78 bits per heavy atom. The van der Waals surface area contributed by atoms with Gasteiger partial charge < -0.3 is 4.74 Å². The standard InChI is InChI=1S/C12H9ClF2N2O/c13-11-5-9(1-2-17-11)18-10-3-8(4-12(14)15)6-16-7-10/h1-3,5-7,12H,4H2. The summed E-state index contributed by atoms with van der Waals surface area (Å²) in [4.78, 5) is 7.66. The van der Waals surface area contributed by atoms with E-state index in [1.807, 2.05) is 0 Å². The van der Waals surface area contributed by atoms with Crippen LogP contribution in [0.2, 0.25) is 5.15 Å². The molecule has 0 bridgehead atoms. The Hall–Kier alpha value is -1.75. The molecule has 6 heteroatoms. The van der Waals surface area contributed by atoms with E-state index in [0.717, 1.165) is 0 Å². The molecule has 0 aliphatic rings. The smallest absolute Gasteiger partial charge is 0.242 e. The Morgan fingerprint density at radius 2 is 2.06 bits per heavy atom. The lowest BCUT2D eigenvalue weighted by molar-refractivity contribution is 0.149. The SMILES string of the molecule is FC(F)Cc1cncc(Oc2ccnc(Cl)c2)c1.